The number of nitrogens with zero attached hydrogens (tertiary/aromatic N) is 3. The average Bonchev–Trinajstić information content (AvgIpc) is 2.95. The highest BCUT2D eigenvalue weighted by molar-refractivity contribution is 14.0. The molecule has 2 aliphatic heterocycles. The van der Waals surface area contributed by atoms with E-state index in [-0.39, 0.29) is 42.5 Å². The summed E-state index contributed by atoms with van der Waals surface area (Å²) < 4.78 is 5.11. The van der Waals surface area contributed by atoms with E-state index >= 15 is 0 Å². The predicted octanol–water partition coefficient (Wildman–Crippen LogP) is 0.212. The molecular weight excluding hydrogens is 463 g/mol. The molecule has 2 heterocycles. The van der Waals surface area contributed by atoms with Gasteiger partial charge in [0, 0.05) is 45.9 Å². The number of hydrogen-bond donors (Lipinski definition) is 3. The number of rotatable bonds is 9. The highest BCUT2D eigenvalue weighted by Gasteiger charge is 2.27. The fourth-order valence-electron chi connectivity index (χ4n) is 3.19. The normalized spacial score (nSPS) is 19.0. The minimum absolute atomic E-state index is 0. The summed E-state index contributed by atoms with van der Waals surface area (Å²) in [5.74, 6) is 0.557. The van der Waals surface area contributed by atoms with E-state index < -0.39 is 0 Å². The second-order valence-electron chi connectivity index (χ2n) is 6.57. The molecular formula is C17H33IN6O3. The number of hydrogen-bond acceptors (Lipinski definition) is 5. The van der Waals surface area contributed by atoms with Crippen LogP contribution in [0.3, 0.4) is 0 Å². The lowest BCUT2D eigenvalue weighted by molar-refractivity contribution is -0.124. The SMILES string of the molecule is CCNC(=NCCN1C(=O)CNC1=O)NC1CCN(CCCOC)CC1.I. The number of carbonyl (C=O) groups excluding carboxylic acids is 2. The van der Waals surface area contributed by atoms with Crippen molar-refractivity contribution in [1.82, 2.24) is 25.8 Å². The molecule has 156 valence electrons. The largest absolute Gasteiger partial charge is 0.385 e. The maximum absolute atomic E-state index is 11.6. The van der Waals surface area contributed by atoms with Crippen molar-refractivity contribution in [2.24, 2.45) is 4.99 Å². The number of urea groups is 1. The number of piperidine rings is 1. The summed E-state index contributed by atoms with van der Waals surface area (Å²) in [4.78, 5) is 31.3. The van der Waals surface area contributed by atoms with Crippen LogP contribution in [0.2, 0.25) is 0 Å². The third-order valence-electron chi connectivity index (χ3n) is 4.63. The third-order valence-corrected chi connectivity index (χ3v) is 4.63. The number of methoxy groups -OCH3 is 1. The minimum Gasteiger partial charge on any atom is -0.385 e. The van der Waals surface area contributed by atoms with Crippen LogP contribution >= 0.6 is 24.0 Å². The standard InChI is InChI=1S/C17H32N6O3.HI/c1-3-18-16(19-7-11-23-15(24)13-20-17(23)25)21-14-5-9-22(10-6-14)8-4-12-26-2;/h14H,3-13H2,1-2H3,(H,20,25)(H2,18,19,21);1H. The fraction of sp³-hybridized carbons (Fsp3) is 0.824. The van der Waals surface area contributed by atoms with E-state index in [4.69, 9.17) is 4.74 Å². The molecule has 2 aliphatic rings. The molecule has 0 atom stereocenters. The van der Waals surface area contributed by atoms with Crippen molar-refractivity contribution >= 4 is 41.9 Å². The number of likely N-dealkylation sites (tertiary alicyclic amines) is 1. The molecule has 27 heavy (non-hydrogen) atoms. The lowest BCUT2D eigenvalue weighted by Gasteiger charge is -2.33. The summed E-state index contributed by atoms with van der Waals surface area (Å²) >= 11 is 0. The van der Waals surface area contributed by atoms with Crippen LogP contribution in [0, 0.1) is 0 Å². The molecule has 10 heteroatoms. The first-order chi connectivity index (χ1) is 12.6. The maximum atomic E-state index is 11.6. The number of aliphatic imine (C=N–C) groups is 1. The maximum Gasteiger partial charge on any atom is 0.324 e. The van der Waals surface area contributed by atoms with Crippen LogP contribution < -0.4 is 16.0 Å². The highest BCUT2D eigenvalue weighted by Crippen LogP contribution is 2.10. The number of imide groups is 1. The highest BCUT2D eigenvalue weighted by atomic mass is 127. The number of carbonyl (C=O) groups is 2. The summed E-state index contributed by atoms with van der Waals surface area (Å²) in [7, 11) is 1.74. The molecule has 2 saturated heterocycles. The van der Waals surface area contributed by atoms with E-state index in [1.54, 1.807) is 7.11 Å². The lowest BCUT2D eigenvalue weighted by Crippen LogP contribution is -2.49. The van der Waals surface area contributed by atoms with E-state index in [9.17, 15) is 9.59 Å². The Bertz CT molecular complexity index is 481. The second-order valence-corrected chi connectivity index (χ2v) is 6.57. The average molecular weight is 496 g/mol. The summed E-state index contributed by atoms with van der Waals surface area (Å²) in [5, 5.41) is 9.23. The molecule has 0 aromatic heterocycles. The molecule has 0 aromatic rings. The van der Waals surface area contributed by atoms with Gasteiger partial charge in [-0.25, -0.2) is 4.79 Å². The molecule has 0 bridgehead atoms. The Labute approximate surface area is 178 Å². The van der Waals surface area contributed by atoms with Crippen LogP contribution in [0.5, 0.6) is 0 Å². The van der Waals surface area contributed by atoms with Gasteiger partial charge in [-0.1, -0.05) is 0 Å². The molecule has 0 aromatic carbocycles. The van der Waals surface area contributed by atoms with Crippen molar-refractivity contribution in [3.05, 3.63) is 0 Å². The fourth-order valence-corrected chi connectivity index (χ4v) is 3.19. The van der Waals surface area contributed by atoms with Gasteiger partial charge < -0.3 is 25.6 Å². The Morgan fingerprint density at radius 3 is 2.63 bits per heavy atom. The number of guanidine groups is 1. The Kier molecular flexibility index (Phi) is 11.6. The first-order valence-corrected chi connectivity index (χ1v) is 9.48. The summed E-state index contributed by atoms with van der Waals surface area (Å²) in [6, 6.07) is 0.0622. The first-order valence-electron chi connectivity index (χ1n) is 9.48. The molecule has 0 aliphatic carbocycles. The van der Waals surface area contributed by atoms with Crippen molar-refractivity contribution in [2.45, 2.75) is 32.2 Å². The Morgan fingerprint density at radius 2 is 2.04 bits per heavy atom. The molecule has 0 saturated carbocycles. The molecule has 2 fully saturated rings. The van der Waals surface area contributed by atoms with Crippen molar-refractivity contribution in [1.29, 1.82) is 0 Å². The number of ether oxygens (including phenoxy) is 1. The Balaban J connectivity index is 0.00000364. The smallest absolute Gasteiger partial charge is 0.324 e. The molecule has 0 unspecified atom stereocenters. The zero-order valence-electron chi connectivity index (χ0n) is 16.3. The van der Waals surface area contributed by atoms with Gasteiger partial charge in [-0.15, -0.1) is 24.0 Å². The minimum atomic E-state index is -0.330. The molecule has 3 N–H and O–H groups in total. The topological polar surface area (TPSA) is 98.3 Å². The van der Waals surface area contributed by atoms with Gasteiger partial charge in [0.2, 0.25) is 5.91 Å². The van der Waals surface area contributed by atoms with Crippen molar-refractivity contribution in [3.63, 3.8) is 0 Å². The van der Waals surface area contributed by atoms with E-state index in [1.807, 2.05) is 6.92 Å². The number of nitrogens with one attached hydrogen (secondary N) is 3. The zero-order chi connectivity index (χ0) is 18.8. The zero-order valence-corrected chi connectivity index (χ0v) is 18.7. The summed E-state index contributed by atoms with van der Waals surface area (Å²) in [5.41, 5.74) is 0. The van der Waals surface area contributed by atoms with Crippen LogP contribution in [-0.4, -0.2) is 93.3 Å². The molecule has 3 amide bonds. The van der Waals surface area contributed by atoms with Gasteiger partial charge in [0.1, 0.15) is 0 Å². The summed E-state index contributed by atoms with van der Waals surface area (Å²) in [6.07, 6.45) is 3.22. The Hall–Kier alpha value is -1.14. The van der Waals surface area contributed by atoms with Crippen LogP contribution in [0.15, 0.2) is 4.99 Å². The van der Waals surface area contributed by atoms with E-state index in [2.05, 4.69) is 25.8 Å². The quantitative estimate of drug-likeness (QED) is 0.139. The summed E-state index contributed by atoms with van der Waals surface area (Å²) in [6.45, 7) is 7.62. The first kappa shape index (κ1) is 23.9. The third kappa shape index (κ3) is 8.18. The molecule has 9 nitrogen and oxygen atoms in total. The monoisotopic (exact) mass is 496 g/mol. The van der Waals surface area contributed by atoms with Gasteiger partial charge in [0.05, 0.1) is 19.6 Å². The molecule has 0 spiro atoms. The van der Waals surface area contributed by atoms with Gasteiger partial charge in [0.25, 0.3) is 0 Å². The second kappa shape index (κ2) is 13.1. The van der Waals surface area contributed by atoms with Crippen LogP contribution in [-0.2, 0) is 9.53 Å². The van der Waals surface area contributed by atoms with Crippen molar-refractivity contribution in [3.8, 4) is 0 Å². The van der Waals surface area contributed by atoms with Gasteiger partial charge in [-0.2, -0.15) is 0 Å². The van der Waals surface area contributed by atoms with Gasteiger partial charge >= 0.3 is 6.03 Å². The predicted molar refractivity (Wildman–Crippen MR) is 116 cm³/mol. The van der Waals surface area contributed by atoms with Crippen LogP contribution in [0.1, 0.15) is 26.2 Å². The Morgan fingerprint density at radius 1 is 1.30 bits per heavy atom. The van der Waals surface area contributed by atoms with Gasteiger partial charge in [-0.3, -0.25) is 14.7 Å². The lowest BCUT2D eigenvalue weighted by atomic mass is 10.1. The van der Waals surface area contributed by atoms with Crippen LogP contribution in [0.4, 0.5) is 4.79 Å². The van der Waals surface area contributed by atoms with Gasteiger partial charge in [0.15, 0.2) is 5.96 Å². The molecule has 2 rings (SSSR count). The van der Waals surface area contributed by atoms with E-state index in [0.29, 0.717) is 19.1 Å². The number of amides is 3. The number of halogens is 1. The van der Waals surface area contributed by atoms with Gasteiger partial charge in [-0.05, 0) is 26.2 Å². The van der Waals surface area contributed by atoms with Crippen LogP contribution in [0.25, 0.3) is 0 Å². The van der Waals surface area contributed by atoms with Crippen molar-refractivity contribution in [2.75, 3.05) is 59.5 Å². The molecule has 0 radical (unpaired) electrons. The van der Waals surface area contributed by atoms with Crippen molar-refractivity contribution < 1.29 is 14.3 Å². The van der Waals surface area contributed by atoms with E-state index in [1.165, 1.54) is 4.90 Å². The van der Waals surface area contributed by atoms with E-state index in [0.717, 1.165) is 58.0 Å².